The second-order valence-corrected chi connectivity index (χ2v) is 12.3. The van der Waals surface area contributed by atoms with E-state index < -0.39 is 5.82 Å². The second-order valence-electron chi connectivity index (χ2n) is 12.3. The SMILES string of the molecule is CC(C)N(C)C(=O)c1cc(F)ccc1-n1cc(CN2CCCN(C(=O)[C@H]3NC4CCC3CC4)CC2)c2ccncc21. The molecule has 0 radical (unpaired) electrons. The van der Waals surface area contributed by atoms with Crippen LogP contribution in [-0.2, 0) is 11.3 Å². The number of rotatable bonds is 6. The van der Waals surface area contributed by atoms with E-state index in [1.807, 2.05) is 24.5 Å². The van der Waals surface area contributed by atoms with E-state index in [2.05, 4.69) is 26.3 Å². The summed E-state index contributed by atoms with van der Waals surface area (Å²) in [5.74, 6) is 0.0997. The zero-order valence-electron chi connectivity index (χ0n) is 24.4. The molecule has 2 bridgehead atoms. The number of hydrogen-bond donors (Lipinski definition) is 1. The smallest absolute Gasteiger partial charge is 0.256 e. The topological polar surface area (TPSA) is 73.7 Å². The molecule has 1 saturated carbocycles. The van der Waals surface area contributed by atoms with E-state index in [-0.39, 0.29) is 23.9 Å². The fraction of sp³-hybridized carbons (Fsp3) is 0.531. The van der Waals surface area contributed by atoms with Gasteiger partial charge in [-0.25, -0.2) is 4.39 Å². The molecule has 2 amide bonds. The van der Waals surface area contributed by atoms with Crippen molar-refractivity contribution in [1.82, 2.24) is 29.6 Å². The molecule has 0 spiro atoms. The molecule has 0 unspecified atom stereocenters. The lowest BCUT2D eigenvalue weighted by molar-refractivity contribution is -0.137. The van der Waals surface area contributed by atoms with E-state index >= 15 is 0 Å². The van der Waals surface area contributed by atoms with Crippen molar-refractivity contribution in [1.29, 1.82) is 0 Å². The van der Waals surface area contributed by atoms with Gasteiger partial charge in [-0.2, -0.15) is 0 Å². The minimum absolute atomic E-state index is 0.0121. The Bertz CT molecular complexity index is 1430. The van der Waals surface area contributed by atoms with E-state index in [0.29, 0.717) is 23.2 Å². The third-order valence-corrected chi connectivity index (χ3v) is 9.45. The van der Waals surface area contributed by atoms with Crippen molar-refractivity contribution in [2.45, 2.75) is 70.6 Å². The highest BCUT2D eigenvalue weighted by atomic mass is 19.1. The number of benzene rings is 1. The molecule has 3 aliphatic heterocycles. The minimum atomic E-state index is -0.441. The predicted molar refractivity (Wildman–Crippen MR) is 157 cm³/mol. The maximum atomic E-state index is 14.4. The molecule has 41 heavy (non-hydrogen) atoms. The Balaban J connectivity index is 1.23. The largest absolute Gasteiger partial charge is 0.340 e. The number of amides is 2. The highest BCUT2D eigenvalue weighted by Crippen LogP contribution is 2.34. The van der Waals surface area contributed by atoms with Gasteiger partial charge in [-0.3, -0.25) is 19.5 Å². The monoisotopic (exact) mass is 560 g/mol. The number of piperidine rings is 2. The second kappa shape index (κ2) is 11.5. The number of aromatic nitrogens is 2. The number of nitrogens with one attached hydrogen (secondary N) is 1. The van der Waals surface area contributed by atoms with E-state index in [1.165, 1.54) is 37.8 Å². The lowest BCUT2D eigenvalue weighted by Crippen LogP contribution is -2.59. The van der Waals surface area contributed by atoms with Gasteiger partial charge >= 0.3 is 0 Å². The predicted octanol–water partition coefficient (Wildman–Crippen LogP) is 4.21. The number of hydrogen-bond acceptors (Lipinski definition) is 5. The number of fused-ring (bicyclic) bond motifs is 4. The van der Waals surface area contributed by atoms with E-state index in [9.17, 15) is 14.0 Å². The van der Waals surface area contributed by atoms with E-state index in [0.717, 1.165) is 55.6 Å². The summed E-state index contributed by atoms with van der Waals surface area (Å²) in [5.41, 5.74) is 2.95. The summed E-state index contributed by atoms with van der Waals surface area (Å²) >= 11 is 0. The van der Waals surface area contributed by atoms with Gasteiger partial charge in [0.05, 0.1) is 29.0 Å². The quantitative estimate of drug-likeness (QED) is 0.489. The van der Waals surface area contributed by atoms with Crippen LogP contribution in [0.25, 0.3) is 16.6 Å². The summed E-state index contributed by atoms with van der Waals surface area (Å²) in [6.07, 6.45) is 11.3. The molecule has 7 rings (SSSR count). The molecule has 5 heterocycles. The van der Waals surface area contributed by atoms with Gasteiger partial charge in [0, 0.05) is 69.6 Å². The molecule has 4 fully saturated rings. The van der Waals surface area contributed by atoms with Crippen LogP contribution in [0.3, 0.4) is 0 Å². The highest BCUT2D eigenvalue weighted by molar-refractivity contribution is 5.99. The number of carbonyl (C=O) groups is 2. The number of halogens is 1. The summed E-state index contributed by atoms with van der Waals surface area (Å²) in [5, 5.41) is 4.68. The summed E-state index contributed by atoms with van der Waals surface area (Å²) in [4.78, 5) is 37.3. The average molecular weight is 561 g/mol. The zero-order chi connectivity index (χ0) is 28.7. The fourth-order valence-electron chi connectivity index (χ4n) is 6.85. The molecule has 8 nitrogen and oxygen atoms in total. The van der Waals surface area contributed by atoms with Crippen LogP contribution in [0.1, 0.15) is 61.9 Å². The normalized spacial score (nSPS) is 23.2. The Kier molecular flexibility index (Phi) is 7.83. The maximum absolute atomic E-state index is 14.4. The third-order valence-electron chi connectivity index (χ3n) is 9.45. The summed E-state index contributed by atoms with van der Waals surface area (Å²) in [6, 6.07) is 6.88. The lowest BCUT2D eigenvalue weighted by Gasteiger charge is -2.44. The van der Waals surface area contributed by atoms with Crippen molar-refractivity contribution >= 4 is 22.7 Å². The molecular formula is C32H41FN6O2. The number of carbonyl (C=O) groups excluding carboxylic acids is 2. The molecule has 2 aromatic heterocycles. The van der Waals surface area contributed by atoms with Crippen LogP contribution in [0, 0.1) is 11.7 Å². The Labute approximate surface area is 241 Å². The van der Waals surface area contributed by atoms with Crippen LogP contribution in [0.15, 0.2) is 42.9 Å². The van der Waals surface area contributed by atoms with Gasteiger partial charge in [0.25, 0.3) is 5.91 Å². The summed E-state index contributed by atoms with van der Waals surface area (Å²) in [6.45, 7) is 7.84. The van der Waals surface area contributed by atoms with Gasteiger partial charge in [0.2, 0.25) is 5.91 Å². The van der Waals surface area contributed by atoms with Crippen molar-refractivity contribution in [3.05, 3.63) is 59.8 Å². The molecule has 1 N–H and O–H groups in total. The van der Waals surface area contributed by atoms with Crippen LogP contribution >= 0.6 is 0 Å². The van der Waals surface area contributed by atoms with Gasteiger partial charge in [-0.15, -0.1) is 0 Å². The Morgan fingerprint density at radius 3 is 2.63 bits per heavy atom. The zero-order valence-corrected chi connectivity index (χ0v) is 24.4. The van der Waals surface area contributed by atoms with Crippen LogP contribution in [0.4, 0.5) is 4.39 Å². The van der Waals surface area contributed by atoms with Gasteiger partial charge in [-0.1, -0.05) is 0 Å². The average Bonchev–Trinajstić information content (AvgIpc) is 3.18. The molecule has 3 aromatic rings. The first-order chi connectivity index (χ1) is 19.8. The first-order valence-corrected chi connectivity index (χ1v) is 15.1. The van der Waals surface area contributed by atoms with Gasteiger partial charge in [-0.05, 0) is 81.7 Å². The van der Waals surface area contributed by atoms with Crippen molar-refractivity contribution < 1.29 is 14.0 Å². The number of nitrogens with zero attached hydrogens (tertiary/aromatic N) is 5. The molecule has 1 aromatic carbocycles. The first kappa shape index (κ1) is 27.8. The van der Waals surface area contributed by atoms with Gasteiger partial charge < -0.3 is 19.7 Å². The number of pyridine rings is 1. The standard InChI is InChI=1S/C32H41FN6O2/c1-21(2)36(3)31(40)27-17-24(33)7-10-28(27)39-20-23(26-11-12-34-18-29(26)39)19-37-13-4-14-38(16-15-37)32(41)30-22-5-8-25(35-30)9-6-22/h7,10-12,17-18,20-22,25,30,35H,4-6,8-9,13-16,19H2,1-3H3/t22?,25?,30-/m0/s1. The maximum Gasteiger partial charge on any atom is 0.256 e. The van der Waals surface area contributed by atoms with Crippen LogP contribution in [0.5, 0.6) is 0 Å². The summed E-state index contributed by atoms with van der Waals surface area (Å²) in [7, 11) is 1.74. The van der Waals surface area contributed by atoms with Gasteiger partial charge in [0.1, 0.15) is 5.82 Å². The van der Waals surface area contributed by atoms with Gasteiger partial charge in [0.15, 0.2) is 0 Å². The Hall–Kier alpha value is -3.30. The molecule has 3 saturated heterocycles. The molecule has 1 aliphatic carbocycles. The van der Waals surface area contributed by atoms with Crippen LogP contribution in [-0.4, -0.2) is 87.4 Å². The lowest BCUT2D eigenvalue weighted by atomic mass is 9.76. The van der Waals surface area contributed by atoms with E-state index in [1.54, 1.807) is 30.4 Å². The molecule has 218 valence electrons. The van der Waals surface area contributed by atoms with Crippen LogP contribution < -0.4 is 5.32 Å². The molecule has 4 aliphatic rings. The van der Waals surface area contributed by atoms with E-state index in [4.69, 9.17) is 0 Å². The highest BCUT2D eigenvalue weighted by Gasteiger charge is 2.40. The first-order valence-electron chi connectivity index (χ1n) is 15.1. The fourth-order valence-corrected chi connectivity index (χ4v) is 6.85. The van der Waals surface area contributed by atoms with Crippen molar-refractivity contribution in [2.75, 3.05) is 33.2 Å². The van der Waals surface area contributed by atoms with Crippen molar-refractivity contribution in [3.63, 3.8) is 0 Å². The Morgan fingerprint density at radius 1 is 1.10 bits per heavy atom. The minimum Gasteiger partial charge on any atom is -0.340 e. The third kappa shape index (κ3) is 5.49. The van der Waals surface area contributed by atoms with Crippen molar-refractivity contribution in [2.24, 2.45) is 5.92 Å². The molecule has 9 heteroatoms. The molecular weight excluding hydrogens is 519 g/mol. The van der Waals surface area contributed by atoms with Crippen LogP contribution in [0.2, 0.25) is 0 Å². The summed E-state index contributed by atoms with van der Waals surface area (Å²) < 4.78 is 16.3. The molecule has 1 atom stereocenters. The Morgan fingerprint density at radius 2 is 1.90 bits per heavy atom. The van der Waals surface area contributed by atoms with Crippen molar-refractivity contribution in [3.8, 4) is 5.69 Å².